The normalized spacial score (nSPS) is 14.5. The summed E-state index contributed by atoms with van der Waals surface area (Å²) in [5.74, 6) is 1.65. The van der Waals surface area contributed by atoms with E-state index in [1.807, 2.05) is 30.3 Å². The fourth-order valence-corrected chi connectivity index (χ4v) is 4.23. The molecule has 0 aliphatic carbocycles. The molecule has 7 nitrogen and oxygen atoms in total. The van der Waals surface area contributed by atoms with Crippen molar-refractivity contribution in [2.75, 3.05) is 18.9 Å². The number of anilines is 1. The van der Waals surface area contributed by atoms with Gasteiger partial charge in [-0.3, -0.25) is 0 Å². The number of nitrogen functional groups attached to an aromatic ring is 1. The summed E-state index contributed by atoms with van der Waals surface area (Å²) < 4.78 is 11.4. The predicted octanol–water partition coefficient (Wildman–Crippen LogP) is 3.50. The lowest BCUT2D eigenvalue weighted by Gasteiger charge is -2.25. The Kier molecular flexibility index (Phi) is 5.94. The van der Waals surface area contributed by atoms with Crippen LogP contribution in [0.15, 0.2) is 53.6 Å². The van der Waals surface area contributed by atoms with Crippen molar-refractivity contribution in [1.82, 2.24) is 4.98 Å². The van der Waals surface area contributed by atoms with Crippen LogP contribution in [0.1, 0.15) is 16.7 Å². The van der Waals surface area contributed by atoms with E-state index in [9.17, 15) is 15.6 Å². The van der Waals surface area contributed by atoms with Crippen LogP contribution in [0.5, 0.6) is 11.5 Å². The Bertz CT molecular complexity index is 1200. The van der Waals surface area contributed by atoms with Crippen molar-refractivity contribution in [3.05, 3.63) is 65.2 Å². The maximum Gasteiger partial charge on any atom is 0.162 e. The summed E-state index contributed by atoms with van der Waals surface area (Å²) in [5.41, 5.74) is 8.64. The monoisotopic (exact) mass is 430 g/mol. The van der Waals surface area contributed by atoms with Crippen molar-refractivity contribution in [1.29, 1.82) is 10.5 Å². The molecule has 2 heterocycles. The number of pyridine rings is 1. The van der Waals surface area contributed by atoms with Gasteiger partial charge in [-0.1, -0.05) is 36.4 Å². The first-order valence-electron chi connectivity index (χ1n) is 9.49. The van der Waals surface area contributed by atoms with Gasteiger partial charge in [-0.15, -0.1) is 11.8 Å². The first kappa shape index (κ1) is 20.5. The molecule has 0 radical (unpaired) electrons. The number of aliphatic hydroxyl groups excluding tert-OH is 1. The first-order chi connectivity index (χ1) is 15.1. The number of fused-ring (bicyclic) bond motifs is 1. The Morgan fingerprint density at radius 1 is 1.10 bits per heavy atom. The van der Waals surface area contributed by atoms with Gasteiger partial charge in [-0.05, 0) is 23.3 Å². The molecule has 0 bridgehead atoms. The van der Waals surface area contributed by atoms with E-state index < -0.39 is 6.10 Å². The van der Waals surface area contributed by atoms with E-state index in [4.69, 9.17) is 15.2 Å². The average molecular weight is 430 g/mol. The van der Waals surface area contributed by atoms with Crippen LogP contribution in [-0.4, -0.2) is 29.4 Å². The molecule has 3 aromatic rings. The molecule has 3 N–H and O–H groups in total. The second kappa shape index (κ2) is 8.97. The minimum atomic E-state index is -0.430. The van der Waals surface area contributed by atoms with Crippen molar-refractivity contribution in [2.24, 2.45) is 0 Å². The van der Waals surface area contributed by atoms with E-state index in [-0.39, 0.29) is 30.2 Å². The van der Waals surface area contributed by atoms with Crippen molar-refractivity contribution < 1.29 is 14.6 Å². The molecule has 1 aliphatic heterocycles. The maximum absolute atomic E-state index is 9.94. The minimum Gasteiger partial charge on any atom is -0.486 e. The SMILES string of the molecule is N#Cc1c(N)nc(SCc2ccccc2)c(C#N)c1-c1ccc2c(c1)OCC(CO)O2. The standard InChI is InChI=1S/C23H18N4O3S/c24-9-17-21(15-6-7-19-20(8-15)29-12-16(11-28)30-19)18(10-25)23(27-22(17)26)31-13-14-4-2-1-3-5-14/h1-8,16,28H,11-13H2,(H2,26,27). The summed E-state index contributed by atoms with van der Waals surface area (Å²) in [5, 5.41) is 29.4. The molecule has 0 spiro atoms. The van der Waals surface area contributed by atoms with Crippen LogP contribution in [-0.2, 0) is 5.75 Å². The van der Waals surface area contributed by atoms with Crippen LogP contribution in [0, 0.1) is 22.7 Å². The molecule has 31 heavy (non-hydrogen) atoms. The van der Waals surface area contributed by atoms with Crippen molar-refractivity contribution in [3.63, 3.8) is 0 Å². The zero-order chi connectivity index (χ0) is 21.8. The number of hydrogen-bond acceptors (Lipinski definition) is 8. The number of nitrogens with zero attached hydrogens (tertiary/aromatic N) is 3. The summed E-state index contributed by atoms with van der Waals surface area (Å²) in [6, 6.07) is 19.3. The Hall–Kier alpha value is -3.72. The van der Waals surface area contributed by atoms with E-state index >= 15 is 0 Å². The summed E-state index contributed by atoms with van der Waals surface area (Å²) in [7, 11) is 0. The zero-order valence-corrected chi connectivity index (χ0v) is 17.2. The largest absolute Gasteiger partial charge is 0.486 e. The second-order valence-corrected chi connectivity index (χ2v) is 7.78. The van der Waals surface area contributed by atoms with Gasteiger partial charge in [0.25, 0.3) is 0 Å². The number of ether oxygens (including phenoxy) is 2. The van der Waals surface area contributed by atoms with Gasteiger partial charge in [0.15, 0.2) is 17.6 Å². The number of thioether (sulfide) groups is 1. The van der Waals surface area contributed by atoms with E-state index in [1.165, 1.54) is 11.8 Å². The topological polar surface area (TPSA) is 125 Å². The van der Waals surface area contributed by atoms with Crippen LogP contribution < -0.4 is 15.2 Å². The molecular weight excluding hydrogens is 412 g/mol. The molecule has 1 aliphatic rings. The molecular formula is C23H18N4O3S. The lowest BCUT2D eigenvalue weighted by Crippen LogP contribution is -2.32. The number of hydrogen-bond donors (Lipinski definition) is 2. The number of aromatic nitrogens is 1. The maximum atomic E-state index is 9.94. The number of aliphatic hydroxyl groups is 1. The van der Waals surface area contributed by atoms with Gasteiger partial charge in [-0.2, -0.15) is 10.5 Å². The third kappa shape index (κ3) is 4.13. The van der Waals surface area contributed by atoms with Crippen LogP contribution in [0.25, 0.3) is 11.1 Å². The lowest BCUT2D eigenvalue weighted by atomic mass is 9.96. The third-order valence-electron chi connectivity index (χ3n) is 4.79. The lowest BCUT2D eigenvalue weighted by molar-refractivity contribution is 0.0457. The minimum absolute atomic E-state index is 0.0716. The molecule has 0 amide bonds. The van der Waals surface area contributed by atoms with Gasteiger partial charge in [0, 0.05) is 11.3 Å². The van der Waals surface area contributed by atoms with Gasteiger partial charge in [0.1, 0.15) is 35.2 Å². The van der Waals surface area contributed by atoms with Gasteiger partial charge >= 0.3 is 0 Å². The molecule has 1 unspecified atom stereocenters. The first-order valence-corrected chi connectivity index (χ1v) is 10.5. The number of rotatable bonds is 5. The smallest absolute Gasteiger partial charge is 0.162 e. The van der Waals surface area contributed by atoms with Crippen LogP contribution >= 0.6 is 11.8 Å². The van der Waals surface area contributed by atoms with Crippen LogP contribution in [0.3, 0.4) is 0 Å². The van der Waals surface area contributed by atoms with Crippen molar-refractivity contribution >= 4 is 17.6 Å². The summed E-state index contributed by atoms with van der Waals surface area (Å²) in [4.78, 5) is 4.34. The molecule has 0 saturated heterocycles. The highest BCUT2D eigenvalue weighted by Gasteiger charge is 2.24. The highest BCUT2D eigenvalue weighted by atomic mass is 32.2. The fourth-order valence-electron chi connectivity index (χ4n) is 3.28. The van der Waals surface area contributed by atoms with Crippen LogP contribution in [0.2, 0.25) is 0 Å². The molecule has 1 atom stereocenters. The van der Waals surface area contributed by atoms with E-state index in [0.29, 0.717) is 33.4 Å². The zero-order valence-electron chi connectivity index (χ0n) is 16.4. The Labute approximate surface area is 183 Å². The van der Waals surface area contributed by atoms with Crippen molar-refractivity contribution in [3.8, 4) is 34.8 Å². The summed E-state index contributed by atoms with van der Waals surface area (Å²) in [6.07, 6.45) is -0.430. The molecule has 1 aromatic heterocycles. The van der Waals surface area contributed by atoms with Crippen molar-refractivity contribution in [2.45, 2.75) is 16.9 Å². The highest BCUT2D eigenvalue weighted by molar-refractivity contribution is 7.98. The molecule has 8 heteroatoms. The average Bonchev–Trinajstić information content (AvgIpc) is 2.82. The molecule has 0 fully saturated rings. The molecule has 4 rings (SSSR count). The summed E-state index contributed by atoms with van der Waals surface area (Å²) in [6.45, 7) is 0.0566. The Morgan fingerprint density at radius 3 is 2.58 bits per heavy atom. The fraction of sp³-hybridized carbons (Fsp3) is 0.174. The number of benzene rings is 2. The highest BCUT2D eigenvalue weighted by Crippen LogP contribution is 2.41. The summed E-state index contributed by atoms with van der Waals surface area (Å²) >= 11 is 1.39. The Balaban J connectivity index is 1.77. The van der Waals surface area contributed by atoms with Gasteiger partial charge in [0.2, 0.25) is 0 Å². The van der Waals surface area contributed by atoms with Gasteiger partial charge in [0.05, 0.1) is 12.2 Å². The quantitative estimate of drug-likeness (QED) is 0.589. The van der Waals surface area contributed by atoms with Gasteiger partial charge in [-0.25, -0.2) is 4.98 Å². The van der Waals surface area contributed by atoms with E-state index in [1.54, 1.807) is 18.2 Å². The Morgan fingerprint density at radius 2 is 1.87 bits per heavy atom. The van der Waals surface area contributed by atoms with E-state index in [0.717, 1.165) is 5.56 Å². The molecule has 2 aromatic carbocycles. The van der Waals surface area contributed by atoms with Gasteiger partial charge < -0.3 is 20.3 Å². The second-order valence-electron chi connectivity index (χ2n) is 6.82. The predicted molar refractivity (Wildman–Crippen MR) is 117 cm³/mol. The number of nitriles is 2. The number of nitrogens with two attached hydrogens (primary N) is 1. The van der Waals surface area contributed by atoms with E-state index in [2.05, 4.69) is 17.1 Å². The molecule has 0 saturated carbocycles. The molecule has 154 valence electrons. The van der Waals surface area contributed by atoms with Crippen LogP contribution in [0.4, 0.5) is 5.82 Å². The third-order valence-corrected chi connectivity index (χ3v) is 5.83.